The van der Waals surface area contributed by atoms with Crippen molar-refractivity contribution in [3.05, 3.63) is 5.69 Å². The van der Waals surface area contributed by atoms with Crippen LogP contribution in [0.3, 0.4) is 0 Å². The third-order valence-corrected chi connectivity index (χ3v) is 3.40. The van der Waals surface area contributed by atoms with E-state index in [1.807, 2.05) is 0 Å². The molecule has 0 bridgehead atoms. The maximum Gasteiger partial charge on any atom is 0.389 e. The fraction of sp³-hybridized carbons (Fsp3) is 0.692. The Bertz CT molecular complexity index is 611. The summed E-state index contributed by atoms with van der Waals surface area (Å²) in [7, 11) is 1.80. The number of nitrogen functional groups attached to an aromatic ring is 1. The zero-order chi connectivity index (χ0) is 15.6. The second-order valence-electron chi connectivity index (χ2n) is 5.19. The number of nitrogens with zero attached hydrogens (tertiary/aromatic N) is 4. The number of unbranched alkanes of at least 4 members (excludes halogenated alkanes) is 1. The first-order valence-electron chi connectivity index (χ1n) is 7.07. The van der Waals surface area contributed by atoms with Crippen molar-refractivity contribution in [1.29, 1.82) is 0 Å². The van der Waals surface area contributed by atoms with Gasteiger partial charge in [0.15, 0.2) is 5.65 Å². The zero-order valence-electron chi connectivity index (χ0n) is 12.2. The van der Waals surface area contributed by atoms with Gasteiger partial charge in [-0.15, -0.1) is 0 Å². The number of rotatable bonds is 6. The van der Waals surface area contributed by atoms with Crippen molar-refractivity contribution >= 4 is 17.1 Å². The molecule has 0 unspecified atom stereocenters. The molecule has 2 heterocycles. The molecular formula is C13H20F3N5. The largest absolute Gasteiger partial charge is 0.389 e. The van der Waals surface area contributed by atoms with Crippen molar-refractivity contribution < 1.29 is 13.2 Å². The molecule has 0 amide bonds. The lowest BCUT2D eigenvalue weighted by Crippen LogP contribution is -2.10. The van der Waals surface area contributed by atoms with E-state index in [1.165, 1.54) is 0 Å². The molecule has 0 aromatic carbocycles. The smallest absolute Gasteiger partial charge is 0.369 e. The minimum absolute atomic E-state index is 0.0856. The van der Waals surface area contributed by atoms with Crippen molar-refractivity contribution in [3.63, 3.8) is 0 Å². The molecule has 2 aromatic rings. The first kappa shape index (κ1) is 15.7. The van der Waals surface area contributed by atoms with E-state index in [4.69, 9.17) is 5.73 Å². The van der Waals surface area contributed by atoms with E-state index in [1.54, 1.807) is 16.3 Å². The fourth-order valence-corrected chi connectivity index (χ4v) is 2.48. The van der Waals surface area contributed by atoms with Crippen molar-refractivity contribution in [2.75, 3.05) is 5.73 Å². The molecule has 2 N–H and O–H groups in total. The molecule has 0 aliphatic heterocycles. The van der Waals surface area contributed by atoms with Crippen LogP contribution < -0.4 is 5.73 Å². The lowest BCUT2D eigenvalue weighted by molar-refractivity contribution is -0.135. The molecule has 8 heteroatoms. The molecule has 0 saturated heterocycles. The molecule has 0 aliphatic carbocycles. The maximum atomic E-state index is 12.1. The van der Waals surface area contributed by atoms with Gasteiger partial charge in [-0.2, -0.15) is 18.3 Å². The molecule has 0 atom stereocenters. The molecule has 0 fully saturated rings. The van der Waals surface area contributed by atoms with Crippen molar-refractivity contribution in [1.82, 2.24) is 19.3 Å². The van der Waals surface area contributed by atoms with E-state index in [0.717, 1.165) is 29.7 Å². The summed E-state index contributed by atoms with van der Waals surface area (Å²) in [4.78, 5) is 4.32. The summed E-state index contributed by atoms with van der Waals surface area (Å²) in [6.45, 7) is 2.47. The summed E-state index contributed by atoms with van der Waals surface area (Å²) in [6.07, 6.45) is -2.62. The molecule has 0 saturated carbocycles. The summed E-state index contributed by atoms with van der Waals surface area (Å²) >= 11 is 0. The molecule has 2 aromatic heterocycles. The van der Waals surface area contributed by atoms with Gasteiger partial charge >= 0.3 is 6.18 Å². The SMILES string of the molecule is CCCc1nn(C)c2c1nc(N)n2CCCCC(F)(F)F. The van der Waals surface area contributed by atoms with Gasteiger partial charge in [0.1, 0.15) is 5.52 Å². The Balaban J connectivity index is 2.14. The van der Waals surface area contributed by atoms with Crippen molar-refractivity contribution in [2.45, 2.75) is 51.7 Å². The molecule has 5 nitrogen and oxygen atoms in total. The number of halogens is 3. The summed E-state index contributed by atoms with van der Waals surface area (Å²) in [5.74, 6) is 0.336. The van der Waals surface area contributed by atoms with E-state index < -0.39 is 12.6 Å². The summed E-state index contributed by atoms with van der Waals surface area (Å²) in [5.41, 5.74) is 8.31. The van der Waals surface area contributed by atoms with Gasteiger partial charge in [0.05, 0.1) is 5.69 Å². The lowest BCUT2D eigenvalue weighted by Gasteiger charge is -2.08. The monoisotopic (exact) mass is 303 g/mol. The average Bonchev–Trinajstić information content (AvgIpc) is 2.84. The van der Waals surface area contributed by atoms with Crippen LogP contribution in [0.2, 0.25) is 0 Å². The predicted molar refractivity (Wildman–Crippen MR) is 74.8 cm³/mol. The summed E-state index contributed by atoms with van der Waals surface area (Å²) in [6, 6.07) is 0. The molecule has 21 heavy (non-hydrogen) atoms. The van der Waals surface area contributed by atoms with E-state index in [0.29, 0.717) is 18.9 Å². The first-order chi connectivity index (χ1) is 9.83. The summed E-state index contributed by atoms with van der Waals surface area (Å²) < 4.78 is 39.9. The van der Waals surface area contributed by atoms with Crippen LogP contribution in [0, 0.1) is 0 Å². The van der Waals surface area contributed by atoms with Gasteiger partial charge in [-0.1, -0.05) is 13.3 Å². The molecule has 2 rings (SSSR count). The van der Waals surface area contributed by atoms with Crippen molar-refractivity contribution in [2.24, 2.45) is 7.05 Å². The van der Waals surface area contributed by atoms with Crippen LogP contribution in [-0.2, 0) is 20.0 Å². The Kier molecular flexibility index (Phi) is 4.43. The van der Waals surface area contributed by atoms with Crippen LogP contribution >= 0.6 is 0 Å². The number of fused-ring (bicyclic) bond motifs is 1. The number of imidazole rings is 1. The first-order valence-corrected chi connectivity index (χ1v) is 7.07. The van der Waals surface area contributed by atoms with Gasteiger partial charge in [0.25, 0.3) is 0 Å². The fourth-order valence-electron chi connectivity index (χ4n) is 2.48. The second kappa shape index (κ2) is 5.95. The topological polar surface area (TPSA) is 61.7 Å². The number of aromatic nitrogens is 4. The Hall–Kier alpha value is -1.73. The van der Waals surface area contributed by atoms with Gasteiger partial charge in [0.2, 0.25) is 5.95 Å². The second-order valence-corrected chi connectivity index (χ2v) is 5.19. The average molecular weight is 303 g/mol. The van der Waals surface area contributed by atoms with Gasteiger partial charge in [-0.05, 0) is 19.3 Å². The minimum atomic E-state index is -4.10. The maximum absolute atomic E-state index is 12.1. The highest BCUT2D eigenvalue weighted by Gasteiger charge is 2.26. The minimum Gasteiger partial charge on any atom is -0.369 e. The number of alkyl halides is 3. The number of hydrogen-bond donors (Lipinski definition) is 1. The number of nitrogens with two attached hydrogens (primary N) is 1. The van der Waals surface area contributed by atoms with Crippen LogP contribution in [-0.4, -0.2) is 25.5 Å². The third kappa shape index (κ3) is 3.48. The summed E-state index contributed by atoms with van der Waals surface area (Å²) in [5, 5.41) is 4.41. The highest BCUT2D eigenvalue weighted by molar-refractivity contribution is 5.77. The number of anilines is 1. The Morgan fingerprint density at radius 1 is 1.24 bits per heavy atom. The molecular weight excluding hydrogens is 283 g/mol. The Labute approximate surface area is 120 Å². The predicted octanol–water partition coefficient (Wildman–Crippen LogP) is 3.04. The number of hydrogen-bond acceptors (Lipinski definition) is 3. The molecule has 0 radical (unpaired) electrons. The number of aryl methyl sites for hydroxylation is 3. The van der Waals surface area contributed by atoms with Gasteiger partial charge in [-0.25, -0.2) is 4.98 Å². The third-order valence-electron chi connectivity index (χ3n) is 3.40. The normalized spacial score (nSPS) is 12.4. The van der Waals surface area contributed by atoms with Gasteiger partial charge < -0.3 is 5.73 Å². The van der Waals surface area contributed by atoms with E-state index in [2.05, 4.69) is 17.0 Å². The van der Waals surface area contributed by atoms with Crippen LogP contribution in [0.15, 0.2) is 0 Å². The van der Waals surface area contributed by atoms with Gasteiger partial charge in [-0.3, -0.25) is 9.25 Å². The van der Waals surface area contributed by atoms with Gasteiger partial charge in [0, 0.05) is 20.0 Å². The zero-order valence-corrected chi connectivity index (χ0v) is 12.2. The van der Waals surface area contributed by atoms with Crippen LogP contribution in [0.5, 0.6) is 0 Å². The molecule has 0 spiro atoms. The lowest BCUT2D eigenvalue weighted by atomic mass is 10.2. The van der Waals surface area contributed by atoms with E-state index >= 15 is 0 Å². The highest BCUT2D eigenvalue weighted by Crippen LogP contribution is 2.25. The molecule has 118 valence electrons. The van der Waals surface area contributed by atoms with Crippen LogP contribution in [0.25, 0.3) is 11.2 Å². The molecule has 0 aliphatic rings. The Morgan fingerprint density at radius 3 is 2.57 bits per heavy atom. The van der Waals surface area contributed by atoms with Crippen LogP contribution in [0.4, 0.5) is 19.1 Å². The Morgan fingerprint density at radius 2 is 1.95 bits per heavy atom. The van der Waals surface area contributed by atoms with Crippen molar-refractivity contribution in [3.8, 4) is 0 Å². The van der Waals surface area contributed by atoms with E-state index in [-0.39, 0.29) is 6.42 Å². The van der Waals surface area contributed by atoms with E-state index in [9.17, 15) is 13.2 Å². The van der Waals surface area contributed by atoms with Crippen LogP contribution in [0.1, 0.15) is 38.3 Å². The quantitative estimate of drug-likeness (QED) is 0.834. The standard InChI is InChI=1S/C13H20F3N5/c1-3-6-9-10-11(20(2)19-9)21(12(17)18-10)8-5-4-7-13(14,15)16/h3-8H2,1-2H3,(H2,17,18). The highest BCUT2D eigenvalue weighted by atomic mass is 19.4.